The lowest BCUT2D eigenvalue weighted by Gasteiger charge is -2.29. The molecular weight excluding hydrogens is 414 g/mol. The van der Waals surface area contributed by atoms with Gasteiger partial charge in [0.1, 0.15) is 0 Å². The number of nitrogens with zero attached hydrogens (tertiary/aromatic N) is 2. The van der Waals surface area contributed by atoms with Gasteiger partial charge in [-0.25, -0.2) is 4.79 Å². The van der Waals surface area contributed by atoms with Crippen molar-refractivity contribution in [2.45, 2.75) is 25.7 Å². The van der Waals surface area contributed by atoms with Crippen molar-refractivity contribution in [1.82, 2.24) is 9.78 Å². The Kier molecular flexibility index (Phi) is 5.74. The van der Waals surface area contributed by atoms with E-state index in [9.17, 15) is 19.5 Å². The predicted octanol–water partition coefficient (Wildman–Crippen LogP) is 3.51. The number of carboxylic acid groups (broad SMARTS) is 1. The number of hydrogen-bond acceptors (Lipinski definition) is 4. The highest BCUT2D eigenvalue weighted by molar-refractivity contribution is 9.10. The molecule has 2 atom stereocenters. The lowest BCUT2D eigenvalue weighted by atomic mass is 9.75. The number of rotatable bonds is 5. The molecule has 1 aliphatic rings. The van der Waals surface area contributed by atoms with E-state index in [0.717, 1.165) is 17.3 Å². The van der Waals surface area contributed by atoms with Crippen LogP contribution in [0.2, 0.25) is 0 Å². The molecule has 27 heavy (non-hydrogen) atoms. The lowest BCUT2D eigenvalue weighted by Crippen LogP contribution is -2.36. The van der Waals surface area contributed by atoms with E-state index in [-0.39, 0.29) is 23.1 Å². The zero-order valence-corrected chi connectivity index (χ0v) is 16.4. The Labute approximate surface area is 164 Å². The Morgan fingerprint density at radius 3 is 2.41 bits per heavy atom. The van der Waals surface area contributed by atoms with Gasteiger partial charge in [-0.15, -0.1) is 0 Å². The molecular formula is C19H20BrN3O4. The average molecular weight is 434 g/mol. The number of benzene rings is 1. The summed E-state index contributed by atoms with van der Waals surface area (Å²) in [4.78, 5) is 37.1. The number of aryl methyl sites for hydroxylation is 1. The summed E-state index contributed by atoms with van der Waals surface area (Å²) in [6.07, 6.45) is 4.45. The summed E-state index contributed by atoms with van der Waals surface area (Å²) < 4.78 is 2.22. The summed E-state index contributed by atoms with van der Waals surface area (Å²) in [5, 5.41) is 15.7. The Morgan fingerprint density at radius 2 is 1.78 bits per heavy atom. The van der Waals surface area contributed by atoms with E-state index < -0.39 is 17.8 Å². The molecule has 0 radical (unpaired) electrons. The minimum Gasteiger partial charge on any atom is -0.476 e. The van der Waals surface area contributed by atoms with E-state index in [0.29, 0.717) is 18.4 Å². The highest BCUT2D eigenvalue weighted by atomic mass is 79.9. The predicted molar refractivity (Wildman–Crippen MR) is 103 cm³/mol. The average Bonchev–Trinajstić information content (AvgIpc) is 3.02. The van der Waals surface area contributed by atoms with E-state index in [1.165, 1.54) is 10.9 Å². The number of hydrogen-bond donors (Lipinski definition) is 2. The summed E-state index contributed by atoms with van der Waals surface area (Å²) in [5.74, 6) is -2.49. The molecule has 8 heteroatoms. The molecule has 0 spiro atoms. The maximum atomic E-state index is 13.0. The van der Waals surface area contributed by atoms with Gasteiger partial charge in [-0.1, -0.05) is 40.9 Å². The second-order valence-electron chi connectivity index (χ2n) is 6.73. The van der Waals surface area contributed by atoms with Gasteiger partial charge < -0.3 is 10.4 Å². The Hall–Kier alpha value is -2.48. The minimum atomic E-state index is -1.21. The number of nitrogens with one attached hydrogen (secondary N) is 1. The van der Waals surface area contributed by atoms with Crippen LogP contribution >= 0.6 is 15.9 Å². The van der Waals surface area contributed by atoms with Crippen LogP contribution < -0.4 is 5.32 Å². The number of aromatic nitrogens is 2. The fourth-order valence-electron chi connectivity index (χ4n) is 3.55. The highest BCUT2D eigenvalue weighted by Crippen LogP contribution is 2.34. The second kappa shape index (κ2) is 8.04. The minimum absolute atomic E-state index is 0.0491. The van der Waals surface area contributed by atoms with Crippen LogP contribution in [0.5, 0.6) is 0 Å². The topological polar surface area (TPSA) is 101 Å². The van der Waals surface area contributed by atoms with E-state index in [2.05, 4.69) is 26.3 Å². The molecule has 0 unspecified atom stereocenters. The number of carbonyl (C=O) groups excluding carboxylic acids is 2. The van der Waals surface area contributed by atoms with Crippen LogP contribution in [0.3, 0.4) is 0 Å². The number of Topliss-reactive ketones (excluding diaryl/α,β-unsaturated/α-hetero) is 1. The molecule has 0 bridgehead atoms. The van der Waals surface area contributed by atoms with E-state index in [4.69, 9.17) is 0 Å². The van der Waals surface area contributed by atoms with E-state index >= 15 is 0 Å². The van der Waals surface area contributed by atoms with Crippen molar-refractivity contribution in [3.05, 3.63) is 46.2 Å². The molecule has 1 aromatic carbocycles. The third-order valence-corrected chi connectivity index (χ3v) is 5.39. The van der Waals surface area contributed by atoms with Gasteiger partial charge >= 0.3 is 5.97 Å². The Balaban J connectivity index is 1.80. The van der Waals surface area contributed by atoms with Gasteiger partial charge in [0.05, 0.1) is 5.69 Å². The number of aromatic carboxylic acids is 1. The number of amides is 1. The first-order chi connectivity index (χ1) is 12.9. The van der Waals surface area contributed by atoms with Crippen LogP contribution in [0.25, 0.3) is 0 Å². The van der Waals surface area contributed by atoms with Crippen LogP contribution in [0.15, 0.2) is 34.9 Å². The molecule has 2 N–H and O–H groups in total. The lowest BCUT2D eigenvalue weighted by molar-refractivity contribution is -0.121. The number of anilines is 1. The molecule has 142 valence electrons. The van der Waals surface area contributed by atoms with Crippen molar-refractivity contribution in [3.63, 3.8) is 0 Å². The van der Waals surface area contributed by atoms with Gasteiger partial charge in [0.15, 0.2) is 11.5 Å². The van der Waals surface area contributed by atoms with Crippen molar-refractivity contribution in [1.29, 1.82) is 0 Å². The molecule has 1 saturated carbocycles. The Bertz CT molecular complexity index is 876. The molecule has 1 fully saturated rings. The largest absolute Gasteiger partial charge is 0.476 e. The first kappa shape index (κ1) is 19.3. The van der Waals surface area contributed by atoms with E-state index in [1.54, 1.807) is 31.3 Å². The maximum Gasteiger partial charge on any atom is 0.358 e. The second-order valence-corrected chi connectivity index (χ2v) is 7.64. The van der Waals surface area contributed by atoms with Gasteiger partial charge in [-0.05, 0) is 25.0 Å². The van der Waals surface area contributed by atoms with Crippen molar-refractivity contribution < 1.29 is 19.5 Å². The van der Waals surface area contributed by atoms with Crippen molar-refractivity contribution in [2.24, 2.45) is 18.9 Å². The highest BCUT2D eigenvalue weighted by Gasteiger charge is 2.36. The van der Waals surface area contributed by atoms with Crippen molar-refractivity contribution in [3.8, 4) is 0 Å². The van der Waals surface area contributed by atoms with Crippen LogP contribution in [0, 0.1) is 11.8 Å². The normalized spacial score (nSPS) is 19.5. The standard InChI is InChI=1S/C19H20BrN3O4/c1-23-10-15(16(22-23)19(26)27)21-18(25)14-5-3-2-4-13(14)17(24)11-6-8-12(20)9-7-11/h6-10,13-14H,2-5H2,1H3,(H,21,25)(H,26,27)/t13-,14-/m1/s1. The Morgan fingerprint density at radius 1 is 1.15 bits per heavy atom. The van der Waals surface area contributed by atoms with Crippen molar-refractivity contribution in [2.75, 3.05) is 5.32 Å². The third kappa shape index (κ3) is 4.27. The van der Waals surface area contributed by atoms with E-state index in [1.807, 2.05) is 0 Å². The number of carboxylic acids is 1. The summed E-state index contributed by atoms with van der Waals surface area (Å²) in [7, 11) is 1.59. The number of halogens is 1. The first-order valence-electron chi connectivity index (χ1n) is 8.74. The SMILES string of the molecule is Cn1cc(NC(=O)[C@@H]2CCCC[C@H]2C(=O)c2ccc(Br)cc2)c(C(=O)O)n1. The van der Waals surface area contributed by atoms with Gasteiger partial charge in [-0.2, -0.15) is 5.10 Å². The van der Waals surface area contributed by atoms with Crippen molar-refractivity contribution >= 4 is 39.3 Å². The van der Waals surface area contributed by atoms with Crippen LogP contribution in [0.1, 0.15) is 46.5 Å². The number of ketones is 1. The van der Waals surface area contributed by atoms with Crippen LogP contribution in [-0.4, -0.2) is 32.5 Å². The molecule has 2 aromatic rings. The molecule has 0 saturated heterocycles. The number of carbonyl (C=O) groups is 3. The molecule has 3 rings (SSSR count). The first-order valence-corrected chi connectivity index (χ1v) is 9.53. The summed E-state index contributed by atoms with van der Waals surface area (Å²) in [6, 6.07) is 7.11. The molecule has 7 nitrogen and oxygen atoms in total. The van der Waals surface area contributed by atoms with Gasteiger partial charge in [0.25, 0.3) is 0 Å². The quantitative estimate of drug-likeness (QED) is 0.702. The molecule has 1 amide bonds. The summed E-state index contributed by atoms with van der Waals surface area (Å²) >= 11 is 3.35. The van der Waals surface area contributed by atoms with Gasteiger partial charge in [-0.3, -0.25) is 14.3 Å². The van der Waals surface area contributed by atoms with Crippen LogP contribution in [0.4, 0.5) is 5.69 Å². The third-order valence-electron chi connectivity index (χ3n) is 4.86. The smallest absolute Gasteiger partial charge is 0.358 e. The monoisotopic (exact) mass is 433 g/mol. The summed E-state index contributed by atoms with van der Waals surface area (Å²) in [5.41, 5.74) is 0.517. The zero-order chi connectivity index (χ0) is 19.6. The fourth-order valence-corrected chi connectivity index (χ4v) is 3.81. The van der Waals surface area contributed by atoms with Gasteiger partial charge in [0, 0.05) is 35.1 Å². The molecule has 0 aliphatic heterocycles. The molecule has 1 heterocycles. The van der Waals surface area contributed by atoms with Gasteiger partial charge in [0.2, 0.25) is 5.91 Å². The molecule has 1 aliphatic carbocycles. The maximum absolute atomic E-state index is 13.0. The zero-order valence-electron chi connectivity index (χ0n) is 14.8. The summed E-state index contributed by atoms with van der Waals surface area (Å²) in [6.45, 7) is 0. The molecule has 1 aromatic heterocycles. The fraction of sp³-hybridized carbons (Fsp3) is 0.368. The van der Waals surface area contributed by atoms with Crippen LogP contribution in [-0.2, 0) is 11.8 Å².